The maximum Gasteiger partial charge on any atom is 0.254 e. The normalized spacial score (nSPS) is 16.7. The molecule has 2 aromatic rings. The Labute approximate surface area is 169 Å². The van der Waals surface area contributed by atoms with Crippen LogP contribution in [0.25, 0.3) is 0 Å². The number of nitrogens with zero attached hydrogens (tertiary/aromatic N) is 2. The summed E-state index contributed by atoms with van der Waals surface area (Å²) in [4.78, 5) is 27.7. The van der Waals surface area contributed by atoms with E-state index in [0.717, 1.165) is 25.0 Å². The molecule has 28 heavy (non-hydrogen) atoms. The van der Waals surface area contributed by atoms with E-state index in [-0.39, 0.29) is 17.6 Å². The zero-order valence-corrected chi connectivity index (χ0v) is 17.2. The van der Waals surface area contributed by atoms with Crippen molar-refractivity contribution in [3.05, 3.63) is 58.0 Å². The first-order chi connectivity index (χ1) is 13.5. The maximum atomic E-state index is 12.4. The summed E-state index contributed by atoms with van der Waals surface area (Å²) in [6.45, 7) is 3.14. The summed E-state index contributed by atoms with van der Waals surface area (Å²) in [6, 6.07) is 12.3. The molecule has 1 saturated heterocycles. The van der Waals surface area contributed by atoms with Crippen molar-refractivity contribution >= 4 is 17.7 Å². The number of hydrogen-bond acceptors (Lipinski definition) is 4. The molecule has 1 aromatic carbocycles. The van der Waals surface area contributed by atoms with Gasteiger partial charge in [0.1, 0.15) is 11.9 Å². The number of aromatic nitrogens is 1. The van der Waals surface area contributed by atoms with Crippen molar-refractivity contribution in [1.82, 2.24) is 9.47 Å². The Morgan fingerprint density at radius 1 is 1.18 bits per heavy atom. The van der Waals surface area contributed by atoms with Gasteiger partial charge < -0.3 is 14.2 Å². The first-order valence-corrected chi connectivity index (χ1v) is 11.1. The Bertz CT molecular complexity index is 912. The van der Waals surface area contributed by atoms with Gasteiger partial charge in [-0.15, -0.1) is 11.8 Å². The summed E-state index contributed by atoms with van der Waals surface area (Å²) in [6.07, 6.45) is 5.47. The predicted octanol–water partition coefficient (Wildman–Crippen LogP) is 3.44. The number of aryl methyl sites for hydroxylation is 2. The molecular weight excluding hydrogens is 372 g/mol. The lowest BCUT2D eigenvalue weighted by atomic mass is 10.1. The third-order valence-electron chi connectivity index (χ3n) is 5.44. The highest BCUT2D eigenvalue weighted by Crippen LogP contribution is 2.35. The monoisotopic (exact) mass is 398 g/mol. The topological polar surface area (TPSA) is 51.5 Å². The third kappa shape index (κ3) is 4.27. The average Bonchev–Trinajstić information content (AvgIpc) is 3.47. The number of likely N-dealkylation sites (tertiary alicyclic amines) is 1. The number of hydrogen-bond donors (Lipinski definition) is 0. The lowest BCUT2D eigenvalue weighted by Crippen LogP contribution is -2.56. The zero-order valence-electron chi connectivity index (χ0n) is 16.4. The van der Waals surface area contributed by atoms with Crippen LogP contribution in [0.3, 0.4) is 0 Å². The fourth-order valence-corrected chi connectivity index (χ4v) is 4.07. The smallest absolute Gasteiger partial charge is 0.254 e. The number of carbonyl (C=O) groups is 1. The summed E-state index contributed by atoms with van der Waals surface area (Å²) < 4.78 is 7.78. The summed E-state index contributed by atoms with van der Waals surface area (Å²) in [5, 5.41) is 0. The van der Waals surface area contributed by atoms with E-state index in [1.165, 1.54) is 10.5 Å². The summed E-state index contributed by atoms with van der Waals surface area (Å²) >= 11 is 1.72. The third-order valence-corrected chi connectivity index (χ3v) is 6.18. The molecule has 1 aromatic heterocycles. The number of carbonyl (C=O) groups excluding carboxylic acids is 1. The van der Waals surface area contributed by atoms with Gasteiger partial charge >= 0.3 is 0 Å². The van der Waals surface area contributed by atoms with Gasteiger partial charge in [-0.05, 0) is 56.2 Å². The number of thioether (sulfide) groups is 1. The second-order valence-electron chi connectivity index (χ2n) is 7.66. The second-order valence-corrected chi connectivity index (χ2v) is 8.54. The molecule has 6 heteroatoms. The first-order valence-electron chi connectivity index (χ1n) is 9.84. The second kappa shape index (κ2) is 8.03. The van der Waals surface area contributed by atoms with E-state index in [1.807, 2.05) is 22.5 Å². The molecule has 2 fully saturated rings. The molecule has 148 valence electrons. The van der Waals surface area contributed by atoms with Crippen LogP contribution in [0.2, 0.25) is 0 Å². The molecule has 2 heterocycles. The fraction of sp³-hybridized carbons (Fsp3) is 0.455. The van der Waals surface area contributed by atoms with Gasteiger partial charge in [0.2, 0.25) is 5.91 Å². The lowest BCUT2D eigenvalue weighted by molar-refractivity contribution is -0.139. The highest BCUT2D eigenvalue weighted by atomic mass is 32.2. The number of rotatable bonds is 7. The van der Waals surface area contributed by atoms with Crippen LogP contribution >= 0.6 is 11.8 Å². The molecule has 0 spiro atoms. The van der Waals surface area contributed by atoms with Crippen molar-refractivity contribution in [1.29, 1.82) is 0 Å². The van der Waals surface area contributed by atoms with Crippen molar-refractivity contribution in [2.75, 3.05) is 19.3 Å². The van der Waals surface area contributed by atoms with Gasteiger partial charge in [0.25, 0.3) is 5.56 Å². The van der Waals surface area contributed by atoms with Crippen LogP contribution in [0.1, 0.15) is 36.6 Å². The average molecular weight is 399 g/mol. The van der Waals surface area contributed by atoms with Crippen molar-refractivity contribution in [2.45, 2.75) is 49.6 Å². The molecule has 1 saturated carbocycles. The molecule has 1 amide bonds. The Kier molecular flexibility index (Phi) is 5.49. The Morgan fingerprint density at radius 3 is 2.50 bits per heavy atom. The highest BCUT2D eigenvalue weighted by molar-refractivity contribution is 7.98. The van der Waals surface area contributed by atoms with Gasteiger partial charge in [-0.25, -0.2) is 0 Å². The Morgan fingerprint density at radius 2 is 1.89 bits per heavy atom. The van der Waals surface area contributed by atoms with E-state index in [2.05, 4.69) is 30.5 Å². The minimum atomic E-state index is -0.0274. The molecule has 1 aliphatic heterocycles. The standard InChI is InChI=1S/C22H26N2O3S/c1-15-11-18(12-22(26)24(15)17-6-7-17)27-19-13-23(14-19)21(25)10-5-16-3-8-20(28-2)9-4-16/h3-4,8-9,11-12,17,19H,5-7,10,13-14H2,1-2H3. The van der Waals surface area contributed by atoms with Crippen molar-refractivity contribution < 1.29 is 9.53 Å². The lowest BCUT2D eigenvalue weighted by Gasteiger charge is -2.39. The molecule has 0 atom stereocenters. The van der Waals surface area contributed by atoms with Crippen molar-refractivity contribution in [3.63, 3.8) is 0 Å². The molecular formula is C22H26N2O3S. The zero-order chi connectivity index (χ0) is 19.7. The summed E-state index contributed by atoms with van der Waals surface area (Å²) in [7, 11) is 0. The van der Waals surface area contributed by atoms with Crippen molar-refractivity contribution in [2.24, 2.45) is 0 Å². The van der Waals surface area contributed by atoms with Gasteiger partial charge in [-0.1, -0.05) is 12.1 Å². The van der Waals surface area contributed by atoms with Gasteiger partial charge in [0, 0.05) is 29.1 Å². The van der Waals surface area contributed by atoms with Crippen LogP contribution in [-0.4, -0.2) is 40.8 Å². The van der Waals surface area contributed by atoms with Crippen LogP contribution in [0.4, 0.5) is 0 Å². The van der Waals surface area contributed by atoms with Crippen molar-refractivity contribution in [3.8, 4) is 5.75 Å². The van der Waals surface area contributed by atoms with E-state index < -0.39 is 0 Å². The van der Waals surface area contributed by atoms with Gasteiger partial charge in [-0.2, -0.15) is 0 Å². The van der Waals surface area contributed by atoms with Crippen LogP contribution in [0.5, 0.6) is 5.75 Å². The molecule has 5 nitrogen and oxygen atoms in total. The molecule has 2 aliphatic rings. The Hall–Kier alpha value is -2.21. The number of ether oxygens (including phenoxy) is 1. The van der Waals surface area contributed by atoms with E-state index in [0.29, 0.717) is 31.3 Å². The molecule has 4 rings (SSSR count). The minimum absolute atomic E-state index is 0.0113. The van der Waals surface area contributed by atoms with E-state index in [1.54, 1.807) is 17.8 Å². The number of amides is 1. The molecule has 0 bridgehead atoms. The quantitative estimate of drug-likeness (QED) is 0.671. The largest absolute Gasteiger partial charge is 0.486 e. The molecule has 0 radical (unpaired) electrons. The SMILES string of the molecule is CSc1ccc(CCC(=O)N2CC(Oc3cc(C)n(C4CC4)c(=O)c3)C2)cc1. The van der Waals surface area contributed by atoms with E-state index >= 15 is 0 Å². The van der Waals surface area contributed by atoms with Gasteiger partial charge in [0.15, 0.2) is 0 Å². The van der Waals surface area contributed by atoms with Gasteiger partial charge in [-0.3, -0.25) is 9.59 Å². The van der Waals surface area contributed by atoms with E-state index in [4.69, 9.17) is 4.74 Å². The molecule has 0 unspecified atom stereocenters. The van der Waals surface area contributed by atoms with Crippen LogP contribution < -0.4 is 10.3 Å². The number of benzene rings is 1. The minimum Gasteiger partial charge on any atom is -0.486 e. The maximum absolute atomic E-state index is 12.4. The van der Waals surface area contributed by atoms with Crippen LogP contribution in [0, 0.1) is 6.92 Å². The van der Waals surface area contributed by atoms with Crippen LogP contribution in [0.15, 0.2) is 46.1 Å². The summed E-state index contributed by atoms with van der Waals surface area (Å²) in [5.74, 6) is 0.777. The van der Waals surface area contributed by atoms with Crippen LogP contribution in [-0.2, 0) is 11.2 Å². The number of pyridine rings is 1. The Balaban J connectivity index is 1.25. The van der Waals surface area contributed by atoms with Gasteiger partial charge in [0.05, 0.1) is 13.1 Å². The molecule has 0 N–H and O–H groups in total. The highest BCUT2D eigenvalue weighted by Gasteiger charge is 2.32. The molecule has 1 aliphatic carbocycles. The fourth-order valence-electron chi connectivity index (χ4n) is 3.66. The predicted molar refractivity (Wildman–Crippen MR) is 111 cm³/mol. The summed E-state index contributed by atoms with van der Waals surface area (Å²) in [5.41, 5.74) is 2.15. The van der Waals surface area contributed by atoms with E-state index in [9.17, 15) is 9.59 Å². The first kappa shape index (κ1) is 19.1.